The number of methoxy groups -OCH3 is 2. The molecule has 1 amide bonds. The van der Waals surface area contributed by atoms with Crippen LogP contribution in [-0.2, 0) is 6.54 Å². The van der Waals surface area contributed by atoms with Crippen LogP contribution in [0.2, 0.25) is 0 Å². The van der Waals surface area contributed by atoms with Gasteiger partial charge in [0.25, 0.3) is 5.91 Å². The highest BCUT2D eigenvalue weighted by Crippen LogP contribution is 2.36. The van der Waals surface area contributed by atoms with E-state index < -0.39 is 6.17 Å². The molecule has 7 heteroatoms. The van der Waals surface area contributed by atoms with Crippen LogP contribution in [0.15, 0.2) is 60.8 Å². The number of ether oxygens (including phenoxy) is 2. The molecular weight excluding hydrogens is 373 g/mol. The largest absolute Gasteiger partial charge is 0.493 e. The number of fused-ring (bicyclic) bond motifs is 1. The van der Waals surface area contributed by atoms with Gasteiger partial charge in [0.2, 0.25) is 0 Å². The van der Waals surface area contributed by atoms with E-state index in [1.807, 2.05) is 6.07 Å². The number of hydrogen-bond acceptors (Lipinski definition) is 5. The second-order valence-electron chi connectivity index (χ2n) is 6.61. The molecule has 2 heterocycles. The third kappa shape index (κ3) is 3.59. The molecule has 3 aromatic rings. The van der Waals surface area contributed by atoms with Crippen molar-refractivity contribution in [3.05, 3.63) is 83.4 Å². The summed E-state index contributed by atoms with van der Waals surface area (Å²) in [5.41, 5.74) is 2.77. The van der Waals surface area contributed by atoms with E-state index in [-0.39, 0.29) is 11.7 Å². The standard InChI is InChI=1S/C22H20FN3O3/c1-28-18-10-9-16(12-19(18)29-2)25-21-20-17(4-3-11-24-20)22(27)26(21)13-14-5-7-15(23)8-6-14/h3-12,21,25H,13H2,1-2H3/t21-/m1/s1. The molecule has 0 bridgehead atoms. The second-order valence-corrected chi connectivity index (χ2v) is 6.61. The van der Waals surface area contributed by atoms with E-state index in [1.165, 1.54) is 12.1 Å². The molecular formula is C22H20FN3O3. The minimum absolute atomic E-state index is 0.129. The Bertz CT molecular complexity index is 1040. The van der Waals surface area contributed by atoms with Gasteiger partial charge in [0.1, 0.15) is 12.0 Å². The Kier molecular flexibility index (Phi) is 5.03. The van der Waals surface area contributed by atoms with Crippen molar-refractivity contribution in [1.82, 2.24) is 9.88 Å². The van der Waals surface area contributed by atoms with E-state index in [0.29, 0.717) is 29.3 Å². The molecule has 148 valence electrons. The van der Waals surface area contributed by atoms with Crippen LogP contribution in [-0.4, -0.2) is 30.0 Å². The maximum absolute atomic E-state index is 13.3. The van der Waals surface area contributed by atoms with Crippen molar-refractivity contribution in [2.24, 2.45) is 0 Å². The van der Waals surface area contributed by atoms with Gasteiger partial charge in [0.15, 0.2) is 11.5 Å². The average molecular weight is 393 g/mol. The summed E-state index contributed by atoms with van der Waals surface area (Å²) < 4.78 is 23.9. The number of rotatable bonds is 6. The number of pyridine rings is 1. The van der Waals surface area contributed by atoms with E-state index in [1.54, 1.807) is 61.7 Å². The number of carbonyl (C=O) groups is 1. The summed E-state index contributed by atoms with van der Waals surface area (Å²) in [7, 11) is 3.14. The van der Waals surface area contributed by atoms with Crippen LogP contribution in [0.3, 0.4) is 0 Å². The van der Waals surface area contributed by atoms with E-state index in [4.69, 9.17) is 9.47 Å². The van der Waals surface area contributed by atoms with Crippen LogP contribution in [0, 0.1) is 5.82 Å². The van der Waals surface area contributed by atoms with Gasteiger partial charge in [-0.2, -0.15) is 0 Å². The molecule has 4 rings (SSSR count). The van der Waals surface area contributed by atoms with Crippen LogP contribution in [0.1, 0.15) is 27.8 Å². The van der Waals surface area contributed by atoms with Crippen LogP contribution in [0.5, 0.6) is 11.5 Å². The first-order chi connectivity index (χ1) is 14.1. The van der Waals surface area contributed by atoms with Gasteiger partial charge in [-0.25, -0.2) is 4.39 Å². The van der Waals surface area contributed by atoms with Gasteiger partial charge in [-0.15, -0.1) is 0 Å². The van der Waals surface area contributed by atoms with Gasteiger partial charge in [-0.1, -0.05) is 12.1 Å². The summed E-state index contributed by atoms with van der Waals surface area (Å²) in [6.07, 6.45) is 1.19. The number of anilines is 1. The zero-order chi connectivity index (χ0) is 20.4. The summed E-state index contributed by atoms with van der Waals surface area (Å²) in [5, 5.41) is 3.37. The number of nitrogens with zero attached hydrogens (tertiary/aromatic N) is 2. The zero-order valence-corrected chi connectivity index (χ0v) is 16.1. The predicted molar refractivity (Wildman–Crippen MR) is 106 cm³/mol. The first-order valence-electron chi connectivity index (χ1n) is 9.09. The summed E-state index contributed by atoms with van der Waals surface area (Å²) >= 11 is 0. The lowest BCUT2D eigenvalue weighted by molar-refractivity contribution is 0.0727. The monoisotopic (exact) mass is 393 g/mol. The molecule has 1 N–H and O–H groups in total. The van der Waals surface area contributed by atoms with Crippen LogP contribution in [0.4, 0.5) is 10.1 Å². The fourth-order valence-corrected chi connectivity index (χ4v) is 3.42. The quantitative estimate of drug-likeness (QED) is 0.686. The van der Waals surface area contributed by atoms with E-state index in [0.717, 1.165) is 11.3 Å². The smallest absolute Gasteiger partial charge is 0.258 e. The van der Waals surface area contributed by atoms with Gasteiger partial charge < -0.3 is 19.7 Å². The third-order valence-corrected chi connectivity index (χ3v) is 4.85. The molecule has 1 aromatic heterocycles. The van der Waals surface area contributed by atoms with E-state index >= 15 is 0 Å². The fourth-order valence-electron chi connectivity index (χ4n) is 3.42. The van der Waals surface area contributed by atoms with Gasteiger partial charge >= 0.3 is 0 Å². The highest BCUT2D eigenvalue weighted by atomic mass is 19.1. The summed E-state index contributed by atoms with van der Waals surface area (Å²) in [6.45, 7) is 0.320. The van der Waals surface area contributed by atoms with Crippen molar-refractivity contribution < 1.29 is 18.7 Å². The highest BCUT2D eigenvalue weighted by molar-refractivity contribution is 5.98. The van der Waals surface area contributed by atoms with Crippen molar-refractivity contribution in [1.29, 1.82) is 0 Å². The Hall–Kier alpha value is -3.61. The molecule has 0 fully saturated rings. The molecule has 0 saturated carbocycles. The molecule has 29 heavy (non-hydrogen) atoms. The van der Waals surface area contributed by atoms with Gasteiger partial charge in [-0.3, -0.25) is 9.78 Å². The number of benzene rings is 2. The van der Waals surface area contributed by atoms with Crippen molar-refractivity contribution in [2.45, 2.75) is 12.7 Å². The van der Waals surface area contributed by atoms with Crippen LogP contribution in [0.25, 0.3) is 0 Å². The minimum Gasteiger partial charge on any atom is -0.493 e. The molecule has 0 unspecified atom stereocenters. The molecule has 0 saturated heterocycles. The summed E-state index contributed by atoms with van der Waals surface area (Å²) in [5.74, 6) is 0.747. The Balaban J connectivity index is 1.67. The Morgan fingerprint density at radius 3 is 2.55 bits per heavy atom. The lowest BCUT2D eigenvalue weighted by atomic mass is 10.2. The number of halogens is 1. The normalized spacial score (nSPS) is 15.2. The van der Waals surface area contributed by atoms with Crippen molar-refractivity contribution in [3.63, 3.8) is 0 Å². The van der Waals surface area contributed by atoms with Crippen LogP contribution < -0.4 is 14.8 Å². The lowest BCUT2D eigenvalue weighted by Crippen LogP contribution is -2.32. The maximum Gasteiger partial charge on any atom is 0.258 e. The SMILES string of the molecule is COc1ccc(N[C@H]2c3ncccc3C(=O)N2Cc2ccc(F)cc2)cc1OC. The Morgan fingerprint density at radius 1 is 1.07 bits per heavy atom. The van der Waals surface area contributed by atoms with Gasteiger partial charge in [-0.05, 0) is 42.0 Å². The third-order valence-electron chi connectivity index (χ3n) is 4.85. The first-order valence-corrected chi connectivity index (χ1v) is 9.09. The van der Waals surface area contributed by atoms with E-state index in [2.05, 4.69) is 10.3 Å². The summed E-state index contributed by atoms with van der Waals surface area (Å²) in [6, 6.07) is 15.1. The number of amides is 1. The average Bonchev–Trinajstić information content (AvgIpc) is 3.01. The zero-order valence-electron chi connectivity index (χ0n) is 16.1. The lowest BCUT2D eigenvalue weighted by Gasteiger charge is -2.27. The molecule has 1 aliphatic rings. The number of nitrogens with one attached hydrogen (secondary N) is 1. The molecule has 2 aromatic carbocycles. The molecule has 1 atom stereocenters. The predicted octanol–water partition coefficient (Wildman–Crippen LogP) is 4.00. The molecule has 0 spiro atoms. The molecule has 6 nitrogen and oxygen atoms in total. The minimum atomic E-state index is -0.471. The first kappa shape index (κ1) is 18.7. The van der Waals surface area contributed by atoms with Crippen molar-refractivity contribution in [3.8, 4) is 11.5 Å². The number of carbonyl (C=O) groups excluding carboxylic acids is 1. The second kappa shape index (κ2) is 7.79. The fraction of sp³-hybridized carbons (Fsp3) is 0.182. The van der Waals surface area contributed by atoms with Gasteiger partial charge in [0.05, 0.1) is 25.5 Å². The molecule has 0 aliphatic carbocycles. The van der Waals surface area contributed by atoms with Gasteiger partial charge in [0, 0.05) is 24.5 Å². The topological polar surface area (TPSA) is 63.7 Å². The summed E-state index contributed by atoms with van der Waals surface area (Å²) in [4.78, 5) is 19.1. The Morgan fingerprint density at radius 2 is 1.83 bits per heavy atom. The molecule has 1 aliphatic heterocycles. The Labute approximate surface area is 167 Å². The molecule has 0 radical (unpaired) electrons. The number of aromatic nitrogens is 1. The van der Waals surface area contributed by atoms with Crippen LogP contribution >= 0.6 is 0 Å². The number of hydrogen-bond donors (Lipinski definition) is 1. The highest BCUT2D eigenvalue weighted by Gasteiger charge is 2.38. The van der Waals surface area contributed by atoms with Crippen molar-refractivity contribution >= 4 is 11.6 Å². The maximum atomic E-state index is 13.3. The van der Waals surface area contributed by atoms with E-state index in [9.17, 15) is 9.18 Å². The van der Waals surface area contributed by atoms with Crippen molar-refractivity contribution in [2.75, 3.05) is 19.5 Å².